The third-order valence-corrected chi connectivity index (χ3v) is 4.33. The molecular weight excluding hydrogens is 210 g/mol. The van der Waals surface area contributed by atoms with Crippen LogP contribution in [0.2, 0.25) is 0 Å². The van der Waals surface area contributed by atoms with E-state index >= 15 is 0 Å². The molecule has 2 heterocycles. The zero-order chi connectivity index (χ0) is 12.5. The van der Waals surface area contributed by atoms with Gasteiger partial charge in [0.05, 0.1) is 12.2 Å². The van der Waals surface area contributed by atoms with Crippen LogP contribution in [0.25, 0.3) is 0 Å². The van der Waals surface area contributed by atoms with Crippen molar-refractivity contribution < 1.29 is 0 Å². The summed E-state index contributed by atoms with van der Waals surface area (Å²) in [6, 6.07) is 0.604. The highest BCUT2D eigenvalue weighted by molar-refractivity contribution is 5.16. The molecule has 3 heteroatoms. The molecule has 0 spiro atoms. The summed E-state index contributed by atoms with van der Waals surface area (Å²) in [5, 5.41) is 4.58. The molecule has 1 aromatic rings. The predicted octanol–water partition coefficient (Wildman–Crippen LogP) is 2.84. The van der Waals surface area contributed by atoms with Crippen molar-refractivity contribution >= 4 is 0 Å². The average molecular weight is 235 g/mol. The number of piperidine rings is 1. The van der Waals surface area contributed by atoms with Crippen molar-refractivity contribution in [1.82, 2.24) is 14.7 Å². The number of rotatable bonds is 3. The highest BCUT2D eigenvalue weighted by Gasteiger charge is 2.23. The summed E-state index contributed by atoms with van der Waals surface area (Å²) in [5.41, 5.74) is 1.63. The van der Waals surface area contributed by atoms with Gasteiger partial charge in [-0.15, -0.1) is 0 Å². The van der Waals surface area contributed by atoms with E-state index in [1.54, 1.807) is 0 Å². The quantitative estimate of drug-likeness (QED) is 0.803. The van der Waals surface area contributed by atoms with Crippen molar-refractivity contribution in [3.05, 3.63) is 18.0 Å². The van der Waals surface area contributed by atoms with Crippen molar-refractivity contribution in [3.8, 4) is 0 Å². The molecule has 1 aliphatic rings. The second-order valence-electron chi connectivity index (χ2n) is 5.98. The van der Waals surface area contributed by atoms with Gasteiger partial charge in [-0.05, 0) is 50.4 Å². The van der Waals surface area contributed by atoms with E-state index in [0.717, 1.165) is 6.42 Å². The molecule has 0 aromatic carbocycles. The van der Waals surface area contributed by atoms with Crippen LogP contribution >= 0.6 is 0 Å². The fraction of sp³-hybridized carbons (Fsp3) is 0.786. The molecule has 0 saturated carbocycles. The number of nitrogens with zero attached hydrogens (tertiary/aromatic N) is 3. The van der Waals surface area contributed by atoms with Crippen molar-refractivity contribution in [2.75, 3.05) is 20.1 Å². The van der Waals surface area contributed by atoms with E-state index in [1.165, 1.54) is 31.5 Å². The minimum Gasteiger partial charge on any atom is -0.306 e. The Balaban J connectivity index is 2.08. The van der Waals surface area contributed by atoms with E-state index in [2.05, 4.69) is 54.9 Å². The molecular formula is C14H25N3. The first kappa shape index (κ1) is 12.6. The van der Waals surface area contributed by atoms with Crippen LogP contribution in [0.5, 0.6) is 0 Å². The molecule has 1 aliphatic heterocycles. The minimum absolute atomic E-state index is 0.254. The van der Waals surface area contributed by atoms with Crippen LogP contribution in [0.4, 0.5) is 0 Å². The fourth-order valence-electron chi connectivity index (χ4n) is 2.35. The lowest BCUT2D eigenvalue weighted by atomic mass is 9.84. The van der Waals surface area contributed by atoms with Gasteiger partial charge in [0.25, 0.3) is 0 Å². The number of hydrogen-bond acceptors (Lipinski definition) is 2. The molecule has 2 rings (SSSR count). The maximum Gasteiger partial charge on any atom is 0.0543 e. The standard InChI is InChI=1S/C14H25N3/c1-5-14(2,3)12-10-15-17(11-12)13-6-8-16(4)9-7-13/h10-11,13H,5-9H2,1-4H3. The Hall–Kier alpha value is -0.830. The maximum absolute atomic E-state index is 4.58. The third kappa shape index (κ3) is 2.71. The van der Waals surface area contributed by atoms with Crippen molar-refractivity contribution in [2.45, 2.75) is 51.5 Å². The second kappa shape index (κ2) is 4.81. The summed E-state index contributed by atoms with van der Waals surface area (Å²) in [4.78, 5) is 2.40. The van der Waals surface area contributed by atoms with Crippen molar-refractivity contribution in [2.24, 2.45) is 0 Å². The van der Waals surface area contributed by atoms with Crippen LogP contribution in [0.1, 0.15) is 51.6 Å². The van der Waals surface area contributed by atoms with Gasteiger partial charge in [-0.1, -0.05) is 20.8 Å². The lowest BCUT2D eigenvalue weighted by Gasteiger charge is -2.29. The summed E-state index contributed by atoms with van der Waals surface area (Å²) in [6.07, 6.45) is 7.93. The first-order valence-electron chi connectivity index (χ1n) is 6.76. The number of aromatic nitrogens is 2. The van der Waals surface area contributed by atoms with Crippen LogP contribution in [0, 0.1) is 0 Å². The lowest BCUT2D eigenvalue weighted by molar-refractivity contribution is 0.212. The second-order valence-corrected chi connectivity index (χ2v) is 5.98. The Kier molecular flexibility index (Phi) is 3.57. The third-order valence-electron chi connectivity index (χ3n) is 4.33. The van der Waals surface area contributed by atoms with E-state index in [0.29, 0.717) is 6.04 Å². The molecule has 0 radical (unpaired) electrons. The van der Waals surface area contributed by atoms with E-state index < -0.39 is 0 Å². The Morgan fingerprint density at radius 1 is 1.35 bits per heavy atom. The summed E-state index contributed by atoms with van der Waals surface area (Å²) in [5.74, 6) is 0. The van der Waals surface area contributed by atoms with E-state index in [-0.39, 0.29) is 5.41 Å². The van der Waals surface area contributed by atoms with Crippen LogP contribution in [0.15, 0.2) is 12.4 Å². The summed E-state index contributed by atoms with van der Waals surface area (Å²) >= 11 is 0. The van der Waals surface area contributed by atoms with Crippen molar-refractivity contribution in [1.29, 1.82) is 0 Å². The molecule has 0 unspecified atom stereocenters. The first-order valence-corrected chi connectivity index (χ1v) is 6.76. The van der Waals surface area contributed by atoms with E-state index in [4.69, 9.17) is 0 Å². The lowest BCUT2D eigenvalue weighted by Crippen LogP contribution is -2.31. The van der Waals surface area contributed by atoms with Gasteiger partial charge in [-0.2, -0.15) is 5.10 Å². The number of hydrogen-bond donors (Lipinski definition) is 0. The molecule has 0 atom stereocenters. The van der Waals surface area contributed by atoms with E-state index in [1.807, 2.05) is 0 Å². The molecule has 1 aromatic heterocycles. The van der Waals surface area contributed by atoms with Gasteiger partial charge in [0.1, 0.15) is 0 Å². The Morgan fingerprint density at radius 3 is 2.59 bits per heavy atom. The van der Waals surface area contributed by atoms with Crippen LogP contribution in [-0.4, -0.2) is 34.8 Å². The smallest absolute Gasteiger partial charge is 0.0543 e. The average Bonchev–Trinajstić information content (AvgIpc) is 2.80. The Labute approximate surface area is 105 Å². The zero-order valence-corrected chi connectivity index (χ0v) is 11.6. The Bertz CT molecular complexity index is 359. The molecule has 3 nitrogen and oxygen atoms in total. The maximum atomic E-state index is 4.58. The van der Waals surface area contributed by atoms with Gasteiger partial charge in [0, 0.05) is 6.20 Å². The van der Waals surface area contributed by atoms with Gasteiger partial charge in [-0.25, -0.2) is 0 Å². The SMILES string of the molecule is CCC(C)(C)c1cnn(C2CCN(C)CC2)c1. The molecule has 0 bridgehead atoms. The van der Waals surface area contributed by atoms with Gasteiger partial charge < -0.3 is 4.90 Å². The summed E-state index contributed by atoms with van der Waals surface area (Å²) < 4.78 is 2.19. The topological polar surface area (TPSA) is 21.1 Å². The zero-order valence-electron chi connectivity index (χ0n) is 11.6. The molecule has 96 valence electrons. The van der Waals surface area contributed by atoms with Crippen LogP contribution < -0.4 is 0 Å². The fourth-order valence-corrected chi connectivity index (χ4v) is 2.35. The molecule has 1 fully saturated rings. The molecule has 17 heavy (non-hydrogen) atoms. The highest BCUT2D eigenvalue weighted by atomic mass is 15.3. The van der Waals surface area contributed by atoms with E-state index in [9.17, 15) is 0 Å². The Morgan fingerprint density at radius 2 is 2.00 bits per heavy atom. The summed E-state index contributed by atoms with van der Waals surface area (Å²) in [7, 11) is 2.20. The highest BCUT2D eigenvalue weighted by Crippen LogP contribution is 2.28. The van der Waals surface area contributed by atoms with Crippen LogP contribution in [0.3, 0.4) is 0 Å². The normalized spacial score (nSPS) is 19.8. The van der Waals surface area contributed by atoms with Gasteiger partial charge in [0.15, 0.2) is 0 Å². The predicted molar refractivity (Wildman–Crippen MR) is 71.3 cm³/mol. The van der Waals surface area contributed by atoms with Gasteiger partial charge in [0.2, 0.25) is 0 Å². The monoisotopic (exact) mass is 235 g/mol. The molecule has 0 N–H and O–H groups in total. The first-order chi connectivity index (χ1) is 8.03. The van der Waals surface area contributed by atoms with Crippen LogP contribution in [-0.2, 0) is 5.41 Å². The van der Waals surface area contributed by atoms with Gasteiger partial charge >= 0.3 is 0 Å². The van der Waals surface area contributed by atoms with Gasteiger partial charge in [-0.3, -0.25) is 4.68 Å². The molecule has 1 saturated heterocycles. The minimum atomic E-state index is 0.254. The summed E-state index contributed by atoms with van der Waals surface area (Å²) in [6.45, 7) is 9.22. The molecule has 0 aliphatic carbocycles. The van der Waals surface area contributed by atoms with Crippen molar-refractivity contribution in [3.63, 3.8) is 0 Å². The number of likely N-dealkylation sites (tertiary alicyclic amines) is 1. The largest absolute Gasteiger partial charge is 0.306 e. The molecule has 0 amide bonds.